The Hall–Kier alpha value is -3.60. The van der Waals surface area contributed by atoms with Crippen LogP contribution in [0.1, 0.15) is 28.8 Å². The molecule has 1 aliphatic heterocycles. The minimum absolute atomic E-state index is 0.118. The third-order valence-corrected chi connectivity index (χ3v) is 5.43. The molecule has 3 aromatic rings. The molecular weight excluding hydrogens is 374 g/mol. The highest BCUT2D eigenvalue weighted by Crippen LogP contribution is 2.27. The molecule has 1 N–H and O–H groups in total. The van der Waals surface area contributed by atoms with Crippen molar-refractivity contribution in [3.05, 3.63) is 90.0 Å². The van der Waals surface area contributed by atoms with Gasteiger partial charge in [-0.3, -0.25) is 9.59 Å². The van der Waals surface area contributed by atoms with E-state index in [4.69, 9.17) is 0 Å². The van der Waals surface area contributed by atoms with Gasteiger partial charge in [0, 0.05) is 37.9 Å². The van der Waals surface area contributed by atoms with E-state index in [-0.39, 0.29) is 11.8 Å². The van der Waals surface area contributed by atoms with Crippen molar-refractivity contribution < 1.29 is 9.59 Å². The summed E-state index contributed by atoms with van der Waals surface area (Å²) in [4.78, 5) is 28.6. The molecule has 2 amide bonds. The average Bonchev–Trinajstić information content (AvgIpc) is 3.23. The first-order chi connectivity index (χ1) is 14.6. The van der Waals surface area contributed by atoms with E-state index >= 15 is 0 Å². The van der Waals surface area contributed by atoms with Gasteiger partial charge in [-0.1, -0.05) is 42.5 Å². The van der Waals surface area contributed by atoms with Crippen LogP contribution in [-0.2, 0) is 11.3 Å². The van der Waals surface area contributed by atoms with Crippen LogP contribution in [0.4, 0.5) is 17.1 Å². The van der Waals surface area contributed by atoms with Crippen molar-refractivity contribution in [2.24, 2.45) is 0 Å². The predicted molar refractivity (Wildman–Crippen MR) is 120 cm³/mol. The lowest BCUT2D eigenvalue weighted by atomic mass is 10.1. The van der Waals surface area contributed by atoms with E-state index in [0.717, 1.165) is 35.6 Å². The number of para-hydroxylation sites is 2. The van der Waals surface area contributed by atoms with Gasteiger partial charge >= 0.3 is 0 Å². The van der Waals surface area contributed by atoms with Crippen LogP contribution in [0.3, 0.4) is 0 Å². The van der Waals surface area contributed by atoms with E-state index in [9.17, 15) is 9.59 Å². The SMILES string of the molecule is CN(c1ccccc1)c1ccccc1C(=O)NCc1ccc(N2CCCC2=O)cc1. The zero-order chi connectivity index (χ0) is 20.9. The van der Waals surface area contributed by atoms with Gasteiger partial charge in [0.2, 0.25) is 5.91 Å². The first kappa shape index (κ1) is 19.7. The van der Waals surface area contributed by atoms with Crippen LogP contribution in [0.15, 0.2) is 78.9 Å². The van der Waals surface area contributed by atoms with Crippen LogP contribution in [0.5, 0.6) is 0 Å². The molecule has 30 heavy (non-hydrogen) atoms. The van der Waals surface area contributed by atoms with Gasteiger partial charge in [0.1, 0.15) is 0 Å². The fourth-order valence-electron chi connectivity index (χ4n) is 3.74. The zero-order valence-corrected chi connectivity index (χ0v) is 17.0. The van der Waals surface area contributed by atoms with Crippen LogP contribution in [-0.4, -0.2) is 25.4 Å². The summed E-state index contributed by atoms with van der Waals surface area (Å²) in [6.07, 6.45) is 1.53. The Kier molecular flexibility index (Phi) is 5.80. The third kappa shape index (κ3) is 4.20. The molecule has 1 saturated heterocycles. The van der Waals surface area contributed by atoms with Gasteiger partial charge < -0.3 is 15.1 Å². The Morgan fingerprint density at radius 2 is 1.67 bits per heavy atom. The first-order valence-electron chi connectivity index (χ1n) is 10.2. The number of nitrogens with one attached hydrogen (secondary N) is 1. The highest BCUT2D eigenvalue weighted by molar-refractivity contribution is 6.00. The molecule has 1 heterocycles. The van der Waals surface area contributed by atoms with E-state index in [1.165, 1.54) is 0 Å². The molecule has 1 fully saturated rings. The Morgan fingerprint density at radius 1 is 0.967 bits per heavy atom. The molecule has 0 atom stereocenters. The summed E-state index contributed by atoms with van der Waals surface area (Å²) in [5, 5.41) is 3.01. The Morgan fingerprint density at radius 3 is 2.37 bits per heavy atom. The number of rotatable bonds is 6. The summed E-state index contributed by atoms with van der Waals surface area (Å²) in [6, 6.07) is 25.4. The van der Waals surface area contributed by atoms with E-state index in [2.05, 4.69) is 5.32 Å². The van der Waals surface area contributed by atoms with Crippen molar-refractivity contribution in [3.63, 3.8) is 0 Å². The number of anilines is 3. The Bertz CT molecular complexity index is 1030. The van der Waals surface area contributed by atoms with Crippen molar-refractivity contribution >= 4 is 28.9 Å². The van der Waals surface area contributed by atoms with Gasteiger partial charge in [-0.05, 0) is 48.4 Å². The van der Waals surface area contributed by atoms with Crippen molar-refractivity contribution in [3.8, 4) is 0 Å². The number of nitrogens with zero attached hydrogens (tertiary/aromatic N) is 2. The molecule has 5 heteroatoms. The van der Waals surface area contributed by atoms with Gasteiger partial charge in [-0.2, -0.15) is 0 Å². The molecule has 0 radical (unpaired) electrons. The van der Waals surface area contributed by atoms with Crippen molar-refractivity contribution in [1.29, 1.82) is 0 Å². The van der Waals surface area contributed by atoms with Gasteiger partial charge in [-0.25, -0.2) is 0 Å². The first-order valence-corrected chi connectivity index (χ1v) is 10.2. The zero-order valence-electron chi connectivity index (χ0n) is 17.0. The molecule has 0 unspecified atom stereocenters. The molecule has 0 saturated carbocycles. The summed E-state index contributed by atoms with van der Waals surface area (Å²) >= 11 is 0. The van der Waals surface area contributed by atoms with Crippen LogP contribution >= 0.6 is 0 Å². The van der Waals surface area contributed by atoms with E-state index < -0.39 is 0 Å². The number of hydrogen-bond acceptors (Lipinski definition) is 3. The maximum atomic E-state index is 12.9. The fourth-order valence-corrected chi connectivity index (χ4v) is 3.74. The lowest BCUT2D eigenvalue weighted by Crippen LogP contribution is -2.25. The topological polar surface area (TPSA) is 52.7 Å². The smallest absolute Gasteiger partial charge is 0.253 e. The quantitative estimate of drug-likeness (QED) is 0.663. The summed E-state index contributed by atoms with van der Waals surface area (Å²) in [5.41, 5.74) is 4.41. The normalized spacial score (nSPS) is 13.4. The molecule has 1 aliphatic rings. The summed E-state index contributed by atoms with van der Waals surface area (Å²) in [5.74, 6) is 0.0578. The van der Waals surface area contributed by atoms with Crippen molar-refractivity contribution in [1.82, 2.24) is 5.32 Å². The molecule has 152 valence electrons. The van der Waals surface area contributed by atoms with Crippen LogP contribution in [0.25, 0.3) is 0 Å². The molecule has 3 aromatic carbocycles. The average molecular weight is 399 g/mol. The number of carbonyl (C=O) groups excluding carboxylic acids is 2. The molecule has 5 nitrogen and oxygen atoms in total. The fraction of sp³-hybridized carbons (Fsp3) is 0.200. The molecule has 0 aliphatic carbocycles. The molecule has 0 spiro atoms. The van der Waals surface area contributed by atoms with Crippen molar-refractivity contribution in [2.45, 2.75) is 19.4 Å². The summed E-state index contributed by atoms with van der Waals surface area (Å²) in [7, 11) is 1.96. The minimum atomic E-state index is -0.118. The highest BCUT2D eigenvalue weighted by atomic mass is 16.2. The second-order valence-corrected chi connectivity index (χ2v) is 7.41. The van der Waals surface area contributed by atoms with Crippen LogP contribution < -0.4 is 15.1 Å². The lowest BCUT2D eigenvalue weighted by Gasteiger charge is -2.22. The number of hydrogen-bond donors (Lipinski definition) is 1. The minimum Gasteiger partial charge on any atom is -0.348 e. The van der Waals surface area contributed by atoms with Crippen LogP contribution in [0.2, 0.25) is 0 Å². The third-order valence-electron chi connectivity index (χ3n) is 5.43. The maximum absolute atomic E-state index is 12.9. The number of carbonyl (C=O) groups is 2. The van der Waals surface area contributed by atoms with Gasteiger partial charge in [0.05, 0.1) is 11.3 Å². The highest BCUT2D eigenvalue weighted by Gasteiger charge is 2.21. The molecule has 0 aromatic heterocycles. The molecular formula is C25H25N3O2. The molecule has 0 bridgehead atoms. The maximum Gasteiger partial charge on any atom is 0.253 e. The second-order valence-electron chi connectivity index (χ2n) is 7.41. The van der Waals surface area contributed by atoms with E-state index in [1.807, 2.05) is 95.7 Å². The monoisotopic (exact) mass is 399 g/mol. The van der Waals surface area contributed by atoms with E-state index in [1.54, 1.807) is 0 Å². The largest absolute Gasteiger partial charge is 0.348 e. The molecule has 4 rings (SSSR count). The van der Waals surface area contributed by atoms with E-state index in [0.29, 0.717) is 18.5 Å². The summed E-state index contributed by atoms with van der Waals surface area (Å²) < 4.78 is 0. The van der Waals surface area contributed by atoms with Gasteiger partial charge in [0.15, 0.2) is 0 Å². The van der Waals surface area contributed by atoms with Gasteiger partial charge in [-0.15, -0.1) is 0 Å². The number of amides is 2. The number of benzene rings is 3. The second kappa shape index (κ2) is 8.82. The standard InChI is InChI=1S/C25H25N3O2/c1-27(20-8-3-2-4-9-20)23-11-6-5-10-22(23)25(30)26-18-19-13-15-21(16-14-19)28-17-7-12-24(28)29/h2-6,8-11,13-16H,7,12,17-18H2,1H3,(H,26,30). The van der Waals surface area contributed by atoms with Crippen LogP contribution in [0, 0.1) is 0 Å². The predicted octanol–water partition coefficient (Wildman–Crippen LogP) is 4.51. The lowest BCUT2D eigenvalue weighted by molar-refractivity contribution is -0.117. The summed E-state index contributed by atoms with van der Waals surface area (Å²) in [6.45, 7) is 1.21. The van der Waals surface area contributed by atoms with Crippen molar-refractivity contribution in [2.75, 3.05) is 23.4 Å². The Balaban J connectivity index is 1.44. The Labute approximate surface area is 176 Å². The van der Waals surface area contributed by atoms with Gasteiger partial charge in [0.25, 0.3) is 5.91 Å².